The van der Waals surface area contributed by atoms with Gasteiger partial charge in [0, 0.05) is 31.1 Å². The van der Waals surface area contributed by atoms with Crippen LogP contribution in [0.2, 0.25) is 0 Å². The number of carboxylic acid groups (broad SMARTS) is 1. The molecule has 0 aromatic carbocycles. The summed E-state index contributed by atoms with van der Waals surface area (Å²) in [6, 6.07) is -0.766. The lowest BCUT2D eigenvalue weighted by atomic mass is 10.2. The van der Waals surface area contributed by atoms with Crippen molar-refractivity contribution in [1.82, 2.24) is 4.90 Å². The van der Waals surface area contributed by atoms with E-state index >= 15 is 0 Å². The molecule has 0 aliphatic carbocycles. The van der Waals surface area contributed by atoms with Gasteiger partial charge in [-0.05, 0) is 6.42 Å². The highest BCUT2D eigenvalue weighted by atomic mass is 32.1. The zero-order valence-corrected chi connectivity index (χ0v) is 9.88. The van der Waals surface area contributed by atoms with Crippen molar-refractivity contribution in [1.29, 1.82) is 0 Å². The van der Waals surface area contributed by atoms with E-state index in [9.17, 15) is 4.79 Å². The van der Waals surface area contributed by atoms with E-state index in [-0.39, 0.29) is 0 Å². The SMILES string of the molecule is NC(CCN(CCS)CCS)C(=O)O. The number of thiol groups is 2. The van der Waals surface area contributed by atoms with Gasteiger partial charge in [0.05, 0.1) is 0 Å². The fourth-order valence-electron chi connectivity index (χ4n) is 1.06. The van der Waals surface area contributed by atoms with Crippen molar-refractivity contribution in [2.45, 2.75) is 12.5 Å². The maximum Gasteiger partial charge on any atom is 0.320 e. The molecule has 0 radical (unpaired) electrons. The number of nitrogens with two attached hydrogens (primary N) is 1. The second-order valence-corrected chi connectivity index (χ2v) is 3.92. The fourth-order valence-corrected chi connectivity index (χ4v) is 1.63. The van der Waals surface area contributed by atoms with Gasteiger partial charge in [-0.1, -0.05) is 0 Å². The summed E-state index contributed by atoms with van der Waals surface area (Å²) in [7, 11) is 0. The summed E-state index contributed by atoms with van der Waals surface area (Å²) in [6.07, 6.45) is 0.469. The predicted molar refractivity (Wildman–Crippen MR) is 64.4 cm³/mol. The third-order valence-corrected chi connectivity index (χ3v) is 2.31. The van der Waals surface area contributed by atoms with E-state index in [1.54, 1.807) is 0 Å². The molecule has 0 fully saturated rings. The Hall–Kier alpha value is 0.0900. The summed E-state index contributed by atoms with van der Waals surface area (Å²) >= 11 is 8.25. The van der Waals surface area contributed by atoms with Crippen LogP contribution in [0, 0.1) is 0 Å². The molecule has 3 N–H and O–H groups in total. The zero-order chi connectivity index (χ0) is 11.0. The summed E-state index contributed by atoms with van der Waals surface area (Å²) in [5, 5.41) is 8.58. The normalized spacial score (nSPS) is 13.1. The Morgan fingerprint density at radius 3 is 2.14 bits per heavy atom. The van der Waals surface area contributed by atoms with Crippen molar-refractivity contribution in [2.75, 3.05) is 31.1 Å². The number of carbonyl (C=O) groups is 1. The van der Waals surface area contributed by atoms with Crippen LogP contribution in [-0.2, 0) is 4.79 Å². The predicted octanol–water partition coefficient (Wildman–Crippen LogP) is -0.0500. The number of hydrogen-bond donors (Lipinski definition) is 4. The molecule has 0 heterocycles. The van der Waals surface area contributed by atoms with Gasteiger partial charge in [0.15, 0.2) is 0 Å². The molecule has 0 rings (SSSR count). The summed E-state index contributed by atoms with van der Waals surface area (Å²) in [5.74, 6) is 0.577. The first-order valence-corrected chi connectivity index (χ1v) is 5.80. The molecular formula is C8H18N2O2S2. The molecule has 0 aliphatic heterocycles. The molecule has 6 heteroatoms. The third kappa shape index (κ3) is 6.53. The van der Waals surface area contributed by atoms with Crippen LogP contribution in [0.1, 0.15) is 6.42 Å². The first-order valence-electron chi connectivity index (χ1n) is 4.54. The second kappa shape index (κ2) is 8.40. The minimum atomic E-state index is -0.943. The first kappa shape index (κ1) is 14.1. The van der Waals surface area contributed by atoms with Crippen molar-refractivity contribution in [3.05, 3.63) is 0 Å². The summed E-state index contributed by atoms with van der Waals surface area (Å²) in [4.78, 5) is 12.6. The monoisotopic (exact) mass is 238 g/mol. The average molecular weight is 238 g/mol. The molecule has 0 spiro atoms. The van der Waals surface area contributed by atoms with E-state index < -0.39 is 12.0 Å². The van der Waals surface area contributed by atoms with Gasteiger partial charge in [-0.2, -0.15) is 25.3 Å². The first-order chi connectivity index (χ1) is 6.61. The summed E-state index contributed by atoms with van der Waals surface area (Å²) < 4.78 is 0. The van der Waals surface area contributed by atoms with Crippen LogP contribution in [0.4, 0.5) is 0 Å². The van der Waals surface area contributed by atoms with Crippen LogP contribution in [0.5, 0.6) is 0 Å². The van der Waals surface area contributed by atoms with Gasteiger partial charge in [0.25, 0.3) is 0 Å². The van der Waals surface area contributed by atoms with Crippen molar-refractivity contribution < 1.29 is 9.90 Å². The molecule has 0 aromatic rings. The van der Waals surface area contributed by atoms with Crippen LogP contribution in [0.15, 0.2) is 0 Å². The second-order valence-electron chi connectivity index (χ2n) is 3.02. The molecule has 0 bridgehead atoms. The number of carboxylic acids is 1. The Kier molecular flexibility index (Phi) is 8.46. The number of hydrogen-bond acceptors (Lipinski definition) is 5. The molecule has 1 atom stereocenters. The molecule has 0 saturated carbocycles. The van der Waals surface area contributed by atoms with Crippen molar-refractivity contribution in [3.8, 4) is 0 Å². The van der Waals surface area contributed by atoms with Gasteiger partial charge < -0.3 is 15.7 Å². The fraction of sp³-hybridized carbons (Fsp3) is 0.875. The number of nitrogens with zero attached hydrogens (tertiary/aromatic N) is 1. The standard InChI is InChI=1S/C8H18N2O2S2/c9-7(8(11)12)1-2-10(3-5-13)4-6-14/h7,13-14H,1-6,9H2,(H,11,12). The van der Waals surface area contributed by atoms with Crippen molar-refractivity contribution in [3.63, 3.8) is 0 Å². The molecule has 0 aromatic heterocycles. The highest BCUT2D eigenvalue weighted by Crippen LogP contribution is 1.96. The van der Waals surface area contributed by atoms with E-state index in [1.165, 1.54) is 0 Å². The topological polar surface area (TPSA) is 66.6 Å². The molecule has 0 amide bonds. The molecule has 4 nitrogen and oxygen atoms in total. The lowest BCUT2D eigenvalue weighted by Crippen LogP contribution is -2.37. The molecule has 14 heavy (non-hydrogen) atoms. The van der Waals surface area contributed by atoms with Crippen molar-refractivity contribution >= 4 is 31.2 Å². The van der Waals surface area contributed by atoms with Gasteiger partial charge in [0.2, 0.25) is 0 Å². The van der Waals surface area contributed by atoms with E-state index in [0.29, 0.717) is 13.0 Å². The van der Waals surface area contributed by atoms with Crippen molar-refractivity contribution in [2.24, 2.45) is 5.73 Å². The minimum Gasteiger partial charge on any atom is -0.480 e. The summed E-state index contributed by atoms with van der Waals surface area (Å²) in [6.45, 7) is 2.38. The van der Waals surface area contributed by atoms with E-state index in [4.69, 9.17) is 10.8 Å². The molecular weight excluding hydrogens is 220 g/mol. The maximum absolute atomic E-state index is 10.5. The Bertz CT molecular complexity index is 163. The Morgan fingerprint density at radius 1 is 1.29 bits per heavy atom. The van der Waals surface area contributed by atoms with E-state index in [0.717, 1.165) is 24.6 Å². The zero-order valence-electron chi connectivity index (χ0n) is 8.09. The van der Waals surface area contributed by atoms with Gasteiger partial charge in [0.1, 0.15) is 6.04 Å². The summed E-state index contributed by atoms with van der Waals surface area (Å²) in [5.41, 5.74) is 5.39. The Labute approximate surface area is 95.7 Å². The van der Waals surface area contributed by atoms with Crippen LogP contribution in [0.3, 0.4) is 0 Å². The van der Waals surface area contributed by atoms with Gasteiger partial charge in [-0.3, -0.25) is 4.79 Å². The Balaban J connectivity index is 3.74. The van der Waals surface area contributed by atoms with Gasteiger partial charge in [-0.15, -0.1) is 0 Å². The van der Waals surface area contributed by atoms with Crippen LogP contribution < -0.4 is 5.73 Å². The quantitative estimate of drug-likeness (QED) is 0.448. The largest absolute Gasteiger partial charge is 0.480 e. The molecule has 84 valence electrons. The lowest BCUT2D eigenvalue weighted by Gasteiger charge is -2.21. The van der Waals surface area contributed by atoms with Crippen LogP contribution in [-0.4, -0.2) is 53.2 Å². The molecule has 1 unspecified atom stereocenters. The highest BCUT2D eigenvalue weighted by Gasteiger charge is 2.12. The average Bonchev–Trinajstić information content (AvgIpc) is 2.14. The van der Waals surface area contributed by atoms with Gasteiger partial charge >= 0.3 is 5.97 Å². The van der Waals surface area contributed by atoms with Crippen LogP contribution in [0.25, 0.3) is 0 Å². The smallest absolute Gasteiger partial charge is 0.320 e. The van der Waals surface area contributed by atoms with Gasteiger partial charge in [-0.25, -0.2) is 0 Å². The number of aliphatic carboxylic acids is 1. The van der Waals surface area contributed by atoms with E-state index in [2.05, 4.69) is 30.2 Å². The van der Waals surface area contributed by atoms with Crippen LogP contribution >= 0.6 is 25.3 Å². The van der Waals surface area contributed by atoms with E-state index in [1.807, 2.05) is 0 Å². The number of rotatable bonds is 8. The minimum absolute atomic E-state index is 0.469. The maximum atomic E-state index is 10.5. The lowest BCUT2D eigenvalue weighted by molar-refractivity contribution is -0.138. The molecule has 0 aliphatic rings. The third-order valence-electron chi connectivity index (χ3n) is 1.91. The Morgan fingerprint density at radius 2 is 1.79 bits per heavy atom. The molecule has 0 saturated heterocycles. The highest BCUT2D eigenvalue weighted by molar-refractivity contribution is 7.80.